The molecular formula is C16H30N2O2. The number of carbonyl (C=O) groups excluding carboxylic acids is 1. The summed E-state index contributed by atoms with van der Waals surface area (Å²) in [5, 5.41) is 3.55. The van der Waals surface area contributed by atoms with Gasteiger partial charge in [-0.2, -0.15) is 0 Å². The Hall–Kier alpha value is -0.610. The molecule has 20 heavy (non-hydrogen) atoms. The van der Waals surface area contributed by atoms with Crippen LogP contribution in [0, 0.1) is 5.92 Å². The van der Waals surface area contributed by atoms with Crippen LogP contribution in [-0.4, -0.2) is 42.8 Å². The number of nitrogens with one attached hydrogen (secondary N) is 1. The molecule has 2 heterocycles. The van der Waals surface area contributed by atoms with Gasteiger partial charge in [0.2, 0.25) is 5.91 Å². The largest absolute Gasteiger partial charge is 0.381 e. The molecule has 4 nitrogen and oxygen atoms in total. The van der Waals surface area contributed by atoms with Crippen molar-refractivity contribution in [3.63, 3.8) is 0 Å². The molecule has 2 fully saturated rings. The van der Waals surface area contributed by atoms with E-state index in [1.807, 2.05) is 0 Å². The van der Waals surface area contributed by atoms with Gasteiger partial charge in [0.15, 0.2) is 0 Å². The summed E-state index contributed by atoms with van der Waals surface area (Å²) in [5.41, 5.74) is 0. The van der Waals surface area contributed by atoms with Crippen LogP contribution in [-0.2, 0) is 9.53 Å². The number of hydrogen-bond donors (Lipinski definition) is 1. The molecular weight excluding hydrogens is 252 g/mol. The summed E-state index contributed by atoms with van der Waals surface area (Å²) in [6, 6.07) is 0.0614. The first-order valence-electron chi connectivity index (χ1n) is 8.40. The molecule has 2 saturated heterocycles. The van der Waals surface area contributed by atoms with Gasteiger partial charge in [0.1, 0.15) is 0 Å². The molecule has 0 spiro atoms. The first-order valence-corrected chi connectivity index (χ1v) is 8.40. The van der Waals surface area contributed by atoms with Crippen LogP contribution in [0.4, 0.5) is 0 Å². The van der Waals surface area contributed by atoms with E-state index in [-0.39, 0.29) is 12.2 Å². The van der Waals surface area contributed by atoms with Crippen molar-refractivity contribution in [3.05, 3.63) is 0 Å². The molecule has 1 N–H and O–H groups in total. The van der Waals surface area contributed by atoms with Gasteiger partial charge >= 0.3 is 0 Å². The lowest BCUT2D eigenvalue weighted by atomic mass is 10.0. The minimum Gasteiger partial charge on any atom is -0.381 e. The molecule has 0 aromatic rings. The van der Waals surface area contributed by atoms with Gasteiger partial charge in [-0.1, -0.05) is 33.1 Å². The molecule has 0 radical (unpaired) electrons. The maximum absolute atomic E-state index is 12.5. The van der Waals surface area contributed by atoms with Crippen molar-refractivity contribution < 1.29 is 9.53 Å². The number of carbonyl (C=O) groups is 1. The highest BCUT2D eigenvalue weighted by Gasteiger charge is 2.37. The van der Waals surface area contributed by atoms with Gasteiger partial charge in [-0.15, -0.1) is 0 Å². The third-order valence-electron chi connectivity index (χ3n) is 4.56. The molecule has 2 aliphatic rings. The van der Waals surface area contributed by atoms with Crippen molar-refractivity contribution in [2.75, 3.05) is 19.8 Å². The Balaban J connectivity index is 1.86. The first-order chi connectivity index (χ1) is 9.76. The molecule has 0 saturated carbocycles. The molecule has 0 aliphatic carbocycles. The van der Waals surface area contributed by atoms with E-state index in [2.05, 4.69) is 24.1 Å². The minimum absolute atomic E-state index is 0.0614. The zero-order valence-corrected chi connectivity index (χ0v) is 13.1. The molecule has 1 amide bonds. The van der Waals surface area contributed by atoms with E-state index in [9.17, 15) is 4.79 Å². The van der Waals surface area contributed by atoms with Crippen molar-refractivity contribution in [1.82, 2.24) is 10.2 Å². The van der Waals surface area contributed by atoms with E-state index >= 15 is 0 Å². The Morgan fingerprint density at radius 2 is 2.10 bits per heavy atom. The summed E-state index contributed by atoms with van der Waals surface area (Å²) in [7, 11) is 0. The van der Waals surface area contributed by atoms with Crippen LogP contribution in [0.3, 0.4) is 0 Å². The van der Waals surface area contributed by atoms with Gasteiger partial charge < -0.3 is 9.64 Å². The van der Waals surface area contributed by atoms with E-state index in [1.54, 1.807) is 0 Å². The Morgan fingerprint density at radius 3 is 2.75 bits per heavy atom. The highest BCUT2D eigenvalue weighted by atomic mass is 16.5. The van der Waals surface area contributed by atoms with Crippen molar-refractivity contribution >= 4 is 5.91 Å². The summed E-state index contributed by atoms with van der Waals surface area (Å²) in [5.74, 6) is 0.982. The summed E-state index contributed by atoms with van der Waals surface area (Å²) in [6.07, 6.45) is 7.97. The lowest BCUT2D eigenvalue weighted by Gasteiger charge is -2.25. The predicted octanol–water partition coefficient (Wildman–Crippen LogP) is 2.53. The van der Waals surface area contributed by atoms with Gasteiger partial charge in [-0.25, -0.2) is 0 Å². The molecule has 0 bridgehead atoms. The monoisotopic (exact) mass is 282 g/mol. The van der Waals surface area contributed by atoms with Crippen LogP contribution in [0.5, 0.6) is 0 Å². The molecule has 0 aromatic heterocycles. The number of ether oxygens (including phenoxy) is 1. The summed E-state index contributed by atoms with van der Waals surface area (Å²) >= 11 is 0. The van der Waals surface area contributed by atoms with E-state index < -0.39 is 0 Å². The number of nitrogens with zero attached hydrogens (tertiary/aromatic N) is 1. The fraction of sp³-hybridized carbons (Fsp3) is 0.938. The van der Waals surface area contributed by atoms with Crippen LogP contribution in [0.25, 0.3) is 0 Å². The summed E-state index contributed by atoms with van der Waals surface area (Å²) in [4.78, 5) is 14.6. The Kier molecular flexibility index (Phi) is 6.30. The first kappa shape index (κ1) is 15.8. The Labute approximate surface area is 123 Å². The van der Waals surface area contributed by atoms with E-state index in [0.717, 1.165) is 64.7 Å². The quantitative estimate of drug-likeness (QED) is 0.744. The zero-order chi connectivity index (χ0) is 14.4. The third kappa shape index (κ3) is 3.95. The van der Waals surface area contributed by atoms with Crippen molar-refractivity contribution in [2.24, 2.45) is 5.92 Å². The fourth-order valence-corrected chi connectivity index (χ4v) is 3.27. The second kappa shape index (κ2) is 7.99. The van der Waals surface area contributed by atoms with Gasteiger partial charge in [-0.05, 0) is 31.6 Å². The lowest BCUT2D eigenvalue weighted by molar-refractivity contribution is -0.130. The van der Waals surface area contributed by atoms with Crippen LogP contribution >= 0.6 is 0 Å². The van der Waals surface area contributed by atoms with E-state index in [1.165, 1.54) is 0 Å². The highest BCUT2D eigenvalue weighted by molar-refractivity contribution is 5.84. The normalized spacial score (nSPS) is 30.4. The maximum Gasteiger partial charge on any atom is 0.241 e. The van der Waals surface area contributed by atoms with Crippen LogP contribution in [0.15, 0.2) is 0 Å². The van der Waals surface area contributed by atoms with E-state index in [4.69, 9.17) is 4.74 Å². The minimum atomic E-state index is 0.0614. The number of amides is 1. The molecule has 0 aromatic carbocycles. The second-order valence-electron chi connectivity index (χ2n) is 6.22. The van der Waals surface area contributed by atoms with Crippen molar-refractivity contribution in [3.8, 4) is 0 Å². The van der Waals surface area contributed by atoms with Gasteiger partial charge in [0, 0.05) is 19.8 Å². The molecule has 3 unspecified atom stereocenters. The third-order valence-corrected chi connectivity index (χ3v) is 4.56. The smallest absolute Gasteiger partial charge is 0.241 e. The van der Waals surface area contributed by atoms with Gasteiger partial charge in [0.05, 0.1) is 12.2 Å². The van der Waals surface area contributed by atoms with Gasteiger partial charge in [0.25, 0.3) is 0 Å². The van der Waals surface area contributed by atoms with E-state index in [0.29, 0.717) is 11.8 Å². The van der Waals surface area contributed by atoms with Crippen LogP contribution in [0.2, 0.25) is 0 Å². The van der Waals surface area contributed by atoms with Crippen LogP contribution in [0.1, 0.15) is 58.8 Å². The molecule has 2 aliphatic heterocycles. The standard InChI is InChI=1S/C16H30N2O2/c1-3-5-7-14-16(19)18(15(17-14)6-4-2)10-8-13-9-11-20-12-13/h13-15,17H,3-12H2,1-2H3. The number of rotatable bonds is 8. The molecule has 4 heteroatoms. The zero-order valence-electron chi connectivity index (χ0n) is 13.1. The molecule has 2 rings (SSSR count). The SMILES string of the molecule is CCCCC1NC(CCC)N(CCC2CCOC2)C1=O. The topological polar surface area (TPSA) is 41.6 Å². The Morgan fingerprint density at radius 1 is 1.25 bits per heavy atom. The highest BCUT2D eigenvalue weighted by Crippen LogP contribution is 2.22. The maximum atomic E-state index is 12.5. The average molecular weight is 282 g/mol. The Bertz CT molecular complexity index is 303. The van der Waals surface area contributed by atoms with Crippen molar-refractivity contribution in [2.45, 2.75) is 71.0 Å². The molecule has 3 atom stereocenters. The second-order valence-corrected chi connectivity index (χ2v) is 6.22. The lowest BCUT2D eigenvalue weighted by Crippen LogP contribution is -2.38. The summed E-state index contributed by atoms with van der Waals surface area (Å²) < 4.78 is 5.43. The number of unbranched alkanes of at least 4 members (excludes halogenated alkanes) is 1. The van der Waals surface area contributed by atoms with Gasteiger partial charge in [-0.3, -0.25) is 10.1 Å². The summed E-state index contributed by atoms with van der Waals surface area (Å²) in [6.45, 7) is 7.05. The molecule has 116 valence electrons. The van der Waals surface area contributed by atoms with Crippen LogP contribution < -0.4 is 5.32 Å². The van der Waals surface area contributed by atoms with Crippen molar-refractivity contribution in [1.29, 1.82) is 0 Å². The fourth-order valence-electron chi connectivity index (χ4n) is 3.27. The average Bonchev–Trinajstić information content (AvgIpc) is 3.04. The number of hydrogen-bond acceptors (Lipinski definition) is 3. The predicted molar refractivity (Wildman–Crippen MR) is 80.4 cm³/mol.